The zero-order valence-electron chi connectivity index (χ0n) is 8.75. The van der Waals surface area contributed by atoms with Crippen molar-refractivity contribution in [3.05, 3.63) is 0 Å². The van der Waals surface area contributed by atoms with Gasteiger partial charge in [-0.15, -0.1) is 0 Å². The third-order valence-corrected chi connectivity index (χ3v) is 2.09. The van der Waals surface area contributed by atoms with Crippen LogP contribution >= 0.6 is 0 Å². The maximum Gasteiger partial charge on any atom is 0.307 e. The molecule has 1 rings (SSSR count). The molecule has 6 nitrogen and oxygen atoms in total. The second kappa shape index (κ2) is 6.36. The lowest BCUT2D eigenvalue weighted by Gasteiger charge is -2.22. The Kier molecular flexibility index (Phi) is 5.06. The number of hydrogen-bond donors (Lipinski definition) is 2. The number of ether oxygens (including phenoxy) is 2. The summed E-state index contributed by atoms with van der Waals surface area (Å²) in [7, 11) is 1.32. The van der Waals surface area contributed by atoms with Gasteiger partial charge >= 0.3 is 5.97 Å². The van der Waals surface area contributed by atoms with Crippen molar-refractivity contribution < 1.29 is 19.1 Å². The van der Waals surface area contributed by atoms with E-state index in [1.54, 1.807) is 0 Å². The third kappa shape index (κ3) is 4.26. The third-order valence-electron chi connectivity index (χ3n) is 2.09. The van der Waals surface area contributed by atoms with Crippen LogP contribution in [0.3, 0.4) is 0 Å². The van der Waals surface area contributed by atoms with E-state index in [9.17, 15) is 9.59 Å². The molecule has 86 valence electrons. The molecule has 15 heavy (non-hydrogen) atoms. The predicted molar refractivity (Wildman–Crippen MR) is 52.3 cm³/mol. The fraction of sp³-hybridized carbons (Fsp3) is 0.778. The molecule has 1 heterocycles. The smallest absolute Gasteiger partial charge is 0.307 e. The van der Waals surface area contributed by atoms with E-state index in [0.29, 0.717) is 26.3 Å². The molecule has 0 radical (unpaired) electrons. The van der Waals surface area contributed by atoms with Gasteiger partial charge in [0.15, 0.2) is 0 Å². The molecule has 1 fully saturated rings. The summed E-state index contributed by atoms with van der Waals surface area (Å²) in [6, 6.07) is -0.309. The van der Waals surface area contributed by atoms with E-state index in [-0.39, 0.29) is 24.3 Å². The Balaban J connectivity index is 2.14. The number of carbonyl (C=O) groups is 2. The van der Waals surface area contributed by atoms with Crippen molar-refractivity contribution in [1.29, 1.82) is 0 Å². The highest BCUT2D eigenvalue weighted by atomic mass is 16.5. The number of rotatable bonds is 4. The highest BCUT2D eigenvalue weighted by molar-refractivity contribution is 5.82. The van der Waals surface area contributed by atoms with E-state index in [1.807, 2.05) is 0 Å². The van der Waals surface area contributed by atoms with Crippen LogP contribution in [0.2, 0.25) is 0 Å². The molecule has 1 aliphatic rings. The number of methoxy groups -OCH3 is 1. The summed E-state index contributed by atoms with van der Waals surface area (Å²) in [4.78, 5) is 22.2. The van der Waals surface area contributed by atoms with Crippen LogP contribution in [-0.4, -0.2) is 51.3 Å². The average molecular weight is 216 g/mol. The van der Waals surface area contributed by atoms with Crippen molar-refractivity contribution in [2.75, 3.05) is 33.4 Å². The molecular weight excluding hydrogens is 200 g/mol. The molecule has 1 atom stereocenters. The van der Waals surface area contributed by atoms with Gasteiger partial charge in [0.25, 0.3) is 0 Å². The Labute approximate surface area is 88.3 Å². The van der Waals surface area contributed by atoms with Gasteiger partial charge in [-0.25, -0.2) is 0 Å². The Morgan fingerprint density at radius 2 is 2.40 bits per heavy atom. The zero-order valence-corrected chi connectivity index (χ0v) is 8.75. The van der Waals surface area contributed by atoms with Crippen molar-refractivity contribution >= 4 is 11.9 Å². The molecule has 1 amide bonds. The first-order valence-electron chi connectivity index (χ1n) is 4.89. The molecular formula is C9H16N2O4. The van der Waals surface area contributed by atoms with Crippen LogP contribution in [0.4, 0.5) is 0 Å². The lowest BCUT2D eigenvalue weighted by atomic mass is 10.2. The fourth-order valence-corrected chi connectivity index (χ4v) is 1.25. The summed E-state index contributed by atoms with van der Waals surface area (Å²) in [5.41, 5.74) is 0. The molecule has 2 N–H and O–H groups in total. The minimum Gasteiger partial charge on any atom is -0.469 e. The van der Waals surface area contributed by atoms with E-state index in [4.69, 9.17) is 4.74 Å². The fourth-order valence-electron chi connectivity index (χ4n) is 1.25. The van der Waals surface area contributed by atoms with Crippen molar-refractivity contribution in [3.8, 4) is 0 Å². The first-order chi connectivity index (χ1) is 7.24. The van der Waals surface area contributed by atoms with Crippen LogP contribution in [0.15, 0.2) is 0 Å². The Morgan fingerprint density at radius 1 is 1.60 bits per heavy atom. The lowest BCUT2D eigenvalue weighted by Crippen LogP contribution is -2.51. The van der Waals surface area contributed by atoms with Crippen molar-refractivity contribution in [2.24, 2.45) is 0 Å². The molecule has 0 aromatic heterocycles. The molecule has 0 saturated carbocycles. The normalized spacial score (nSPS) is 20.7. The van der Waals surface area contributed by atoms with Crippen LogP contribution in [0.25, 0.3) is 0 Å². The monoisotopic (exact) mass is 216 g/mol. The summed E-state index contributed by atoms with van der Waals surface area (Å²) < 4.78 is 9.58. The number of amides is 1. The van der Waals surface area contributed by atoms with Gasteiger partial charge in [0, 0.05) is 13.1 Å². The highest BCUT2D eigenvalue weighted by Gasteiger charge is 2.20. The second-order valence-electron chi connectivity index (χ2n) is 3.20. The molecule has 1 saturated heterocycles. The Hall–Kier alpha value is -1.14. The topological polar surface area (TPSA) is 76.7 Å². The molecule has 0 aromatic rings. The molecule has 6 heteroatoms. The van der Waals surface area contributed by atoms with E-state index in [1.165, 1.54) is 7.11 Å². The molecule has 0 bridgehead atoms. The highest BCUT2D eigenvalue weighted by Crippen LogP contribution is 1.93. The van der Waals surface area contributed by atoms with Gasteiger partial charge in [-0.1, -0.05) is 0 Å². The maximum absolute atomic E-state index is 11.5. The van der Waals surface area contributed by atoms with E-state index in [0.717, 1.165) is 0 Å². The number of carbonyl (C=O) groups excluding carboxylic acids is 2. The Bertz CT molecular complexity index is 226. The van der Waals surface area contributed by atoms with Crippen LogP contribution < -0.4 is 10.6 Å². The quantitative estimate of drug-likeness (QED) is 0.568. The van der Waals surface area contributed by atoms with E-state index >= 15 is 0 Å². The second-order valence-corrected chi connectivity index (χ2v) is 3.20. The SMILES string of the molecule is COC(=O)CCNC(=O)C1COCCN1. The zero-order chi connectivity index (χ0) is 11.1. The molecule has 0 spiro atoms. The van der Waals surface area contributed by atoms with Crippen LogP contribution in [0.5, 0.6) is 0 Å². The number of esters is 1. The summed E-state index contributed by atoms with van der Waals surface area (Å²) in [6.45, 7) is 1.98. The molecule has 0 aliphatic carbocycles. The number of hydrogen-bond acceptors (Lipinski definition) is 5. The predicted octanol–water partition coefficient (Wildman–Crippen LogP) is -1.35. The largest absolute Gasteiger partial charge is 0.469 e. The summed E-state index contributed by atoms with van der Waals surface area (Å²) in [5.74, 6) is -0.471. The first kappa shape index (κ1) is 11.9. The van der Waals surface area contributed by atoms with Gasteiger partial charge < -0.3 is 20.1 Å². The average Bonchev–Trinajstić information content (AvgIpc) is 2.29. The Morgan fingerprint density at radius 3 is 3.00 bits per heavy atom. The van der Waals surface area contributed by atoms with Gasteiger partial charge in [0.1, 0.15) is 6.04 Å². The van der Waals surface area contributed by atoms with Gasteiger partial charge in [0.2, 0.25) is 5.91 Å². The summed E-state index contributed by atoms with van der Waals surface area (Å²) in [5, 5.41) is 5.65. The number of morpholine rings is 1. The van der Waals surface area contributed by atoms with Crippen LogP contribution in [0, 0.1) is 0 Å². The van der Waals surface area contributed by atoms with Crippen molar-refractivity contribution in [3.63, 3.8) is 0 Å². The number of nitrogens with one attached hydrogen (secondary N) is 2. The molecule has 0 aromatic carbocycles. The minimum atomic E-state index is -0.330. The lowest BCUT2D eigenvalue weighted by molar-refractivity contribution is -0.140. The molecule has 1 unspecified atom stereocenters. The van der Waals surface area contributed by atoms with Gasteiger partial charge in [-0.3, -0.25) is 9.59 Å². The van der Waals surface area contributed by atoms with Crippen LogP contribution in [-0.2, 0) is 19.1 Å². The first-order valence-corrected chi connectivity index (χ1v) is 4.89. The van der Waals surface area contributed by atoms with Gasteiger partial charge in [-0.2, -0.15) is 0 Å². The van der Waals surface area contributed by atoms with Gasteiger partial charge in [-0.05, 0) is 0 Å². The summed E-state index contributed by atoms with van der Waals surface area (Å²) in [6.07, 6.45) is 0.190. The summed E-state index contributed by atoms with van der Waals surface area (Å²) >= 11 is 0. The van der Waals surface area contributed by atoms with E-state index < -0.39 is 0 Å². The minimum absolute atomic E-state index is 0.140. The van der Waals surface area contributed by atoms with Crippen molar-refractivity contribution in [2.45, 2.75) is 12.5 Å². The van der Waals surface area contributed by atoms with Crippen LogP contribution in [0.1, 0.15) is 6.42 Å². The molecule has 1 aliphatic heterocycles. The standard InChI is InChI=1S/C9H16N2O4/c1-14-8(12)2-3-11-9(13)7-6-15-5-4-10-7/h7,10H,2-6H2,1H3,(H,11,13). The maximum atomic E-state index is 11.5. The van der Waals surface area contributed by atoms with E-state index in [2.05, 4.69) is 15.4 Å². The van der Waals surface area contributed by atoms with Gasteiger partial charge in [0.05, 0.1) is 26.7 Å². The van der Waals surface area contributed by atoms with Crippen molar-refractivity contribution in [1.82, 2.24) is 10.6 Å².